The molecule has 0 spiro atoms. The van der Waals surface area contributed by atoms with Gasteiger partial charge in [0.25, 0.3) is 5.91 Å². The molecule has 88 valence electrons. The Balaban J connectivity index is 1.93. The van der Waals surface area contributed by atoms with E-state index < -0.39 is 18.0 Å². The van der Waals surface area contributed by atoms with Gasteiger partial charge in [-0.1, -0.05) is 5.16 Å². The second kappa shape index (κ2) is 4.56. The van der Waals surface area contributed by atoms with E-state index in [9.17, 15) is 9.59 Å². The van der Waals surface area contributed by atoms with E-state index >= 15 is 0 Å². The predicted molar refractivity (Wildman–Crippen MR) is 55.2 cm³/mol. The molecule has 17 heavy (non-hydrogen) atoms. The SMILES string of the molecule is O=C(O)C1=NOC(C(=O)Nc2cccnn2)C1. The number of aromatic nitrogens is 2. The van der Waals surface area contributed by atoms with Gasteiger partial charge in [0.05, 0.1) is 0 Å². The smallest absolute Gasteiger partial charge is 0.353 e. The largest absolute Gasteiger partial charge is 0.477 e. The van der Waals surface area contributed by atoms with Gasteiger partial charge in [-0.15, -0.1) is 5.10 Å². The molecule has 0 aromatic carbocycles. The van der Waals surface area contributed by atoms with E-state index in [1.807, 2.05) is 0 Å². The van der Waals surface area contributed by atoms with Crippen molar-refractivity contribution in [2.24, 2.45) is 5.16 Å². The van der Waals surface area contributed by atoms with E-state index in [0.29, 0.717) is 0 Å². The molecular formula is C9H8N4O4. The third-order valence-corrected chi connectivity index (χ3v) is 2.03. The summed E-state index contributed by atoms with van der Waals surface area (Å²) in [6.07, 6.45) is 0.456. The summed E-state index contributed by atoms with van der Waals surface area (Å²) in [6, 6.07) is 3.16. The van der Waals surface area contributed by atoms with E-state index in [4.69, 9.17) is 9.94 Å². The zero-order valence-corrected chi connectivity index (χ0v) is 8.53. The number of rotatable bonds is 3. The Bertz CT molecular complexity index is 473. The van der Waals surface area contributed by atoms with Crippen molar-refractivity contribution in [3.63, 3.8) is 0 Å². The van der Waals surface area contributed by atoms with Crippen LogP contribution in [0.3, 0.4) is 0 Å². The van der Waals surface area contributed by atoms with Crippen LogP contribution in [0.1, 0.15) is 6.42 Å². The molecule has 2 N–H and O–H groups in total. The molecule has 0 aliphatic carbocycles. The van der Waals surface area contributed by atoms with Gasteiger partial charge in [-0.25, -0.2) is 4.79 Å². The predicted octanol–water partition coefficient (Wildman–Crippen LogP) is -0.355. The molecule has 0 bridgehead atoms. The first kappa shape index (κ1) is 11.0. The average Bonchev–Trinajstić information content (AvgIpc) is 2.79. The van der Waals surface area contributed by atoms with E-state index in [1.54, 1.807) is 12.1 Å². The fraction of sp³-hybridized carbons (Fsp3) is 0.222. The molecule has 1 aromatic rings. The minimum atomic E-state index is -1.19. The fourth-order valence-corrected chi connectivity index (χ4v) is 1.22. The molecule has 1 unspecified atom stereocenters. The third kappa shape index (κ3) is 2.54. The number of carbonyl (C=O) groups excluding carboxylic acids is 1. The van der Waals surface area contributed by atoms with E-state index in [0.717, 1.165) is 0 Å². The number of aliphatic carboxylic acids is 1. The summed E-state index contributed by atoms with van der Waals surface area (Å²) in [5, 5.41) is 21.6. The second-order valence-corrected chi connectivity index (χ2v) is 3.24. The number of nitrogens with zero attached hydrogens (tertiary/aromatic N) is 3. The molecule has 0 saturated carbocycles. The summed E-state index contributed by atoms with van der Waals surface area (Å²) in [5.74, 6) is -1.44. The van der Waals surface area contributed by atoms with Gasteiger partial charge in [0.2, 0.25) is 6.10 Å². The van der Waals surface area contributed by atoms with Crippen LogP contribution < -0.4 is 5.32 Å². The number of carbonyl (C=O) groups is 2. The lowest BCUT2D eigenvalue weighted by Gasteiger charge is -2.07. The monoisotopic (exact) mass is 236 g/mol. The molecule has 8 nitrogen and oxygen atoms in total. The molecule has 8 heteroatoms. The Kier molecular flexibility index (Phi) is 2.95. The average molecular weight is 236 g/mol. The number of hydrogen-bond acceptors (Lipinski definition) is 6. The molecule has 1 atom stereocenters. The van der Waals surface area contributed by atoms with Gasteiger partial charge in [0.1, 0.15) is 0 Å². The van der Waals surface area contributed by atoms with Gasteiger partial charge in [0.15, 0.2) is 11.5 Å². The van der Waals surface area contributed by atoms with Gasteiger partial charge in [0, 0.05) is 12.6 Å². The van der Waals surface area contributed by atoms with Gasteiger partial charge >= 0.3 is 5.97 Å². The minimum absolute atomic E-state index is 0.0680. The maximum absolute atomic E-state index is 11.6. The maximum atomic E-state index is 11.6. The molecule has 2 heterocycles. The highest BCUT2D eigenvalue weighted by atomic mass is 16.6. The van der Waals surface area contributed by atoms with E-state index in [2.05, 4.69) is 20.7 Å². The van der Waals surface area contributed by atoms with Crippen molar-refractivity contribution in [1.82, 2.24) is 10.2 Å². The number of oxime groups is 1. The highest BCUT2D eigenvalue weighted by molar-refractivity contribution is 6.36. The maximum Gasteiger partial charge on any atom is 0.353 e. The zero-order valence-electron chi connectivity index (χ0n) is 8.53. The summed E-state index contributed by atoms with van der Waals surface area (Å²) in [7, 11) is 0. The Hall–Kier alpha value is -2.51. The number of carboxylic acid groups (broad SMARTS) is 1. The lowest BCUT2D eigenvalue weighted by atomic mass is 10.2. The van der Waals surface area contributed by atoms with Crippen LogP contribution >= 0.6 is 0 Å². The molecule has 2 rings (SSSR count). The summed E-state index contributed by atoms with van der Waals surface area (Å²) in [4.78, 5) is 26.9. The lowest BCUT2D eigenvalue weighted by Crippen LogP contribution is -2.29. The van der Waals surface area contributed by atoms with E-state index in [1.165, 1.54) is 6.20 Å². The van der Waals surface area contributed by atoms with Crippen molar-refractivity contribution >= 4 is 23.4 Å². The van der Waals surface area contributed by atoms with Gasteiger partial charge in [-0.05, 0) is 12.1 Å². The molecule has 1 aromatic heterocycles. The van der Waals surface area contributed by atoms with Crippen LogP contribution in [-0.2, 0) is 14.4 Å². The molecule has 1 amide bonds. The van der Waals surface area contributed by atoms with Crippen molar-refractivity contribution < 1.29 is 19.5 Å². The molecule has 1 aliphatic heterocycles. The standard InChI is InChI=1S/C9H8N4O4/c14-8(11-7-2-1-3-10-12-7)6-4-5(9(15)16)13-17-6/h1-3,6H,4H2,(H,15,16)(H,11,12,14). The molecule has 1 aliphatic rings. The van der Waals surface area contributed by atoms with Crippen molar-refractivity contribution in [2.45, 2.75) is 12.5 Å². The van der Waals surface area contributed by atoms with Crippen molar-refractivity contribution in [3.05, 3.63) is 18.3 Å². The number of hydrogen-bond donors (Lipinski definition) is 2. The quantitative estimate of drug-likeness (QED) is 0.741. The second-order valence-electron chi connectivity index (χ2n) is 3.24. The molecule has 0 saturated heterocycles. The van der Waals surface area contributed by atoms with Crippen molar-refractivity contribution in [2.75, 3.05) is 5.32 Å². The summed E-state index contributed by atoms with van der Waals surface area (Å²) in [6.45, 7) is 0. The van der Waals surface area contributed by atoms with E-state index in [-0.39, 0.29) is 18.0 Å². The zero-order chi connectivity index (χ0) is 12.3. The Morgan fingerprint density at radius 1 is 1.53 bits per heavy atom. The first-order valence-corrected chi connectivity index (χ1v) is 4.71. The summed E-state index contributed by atoms with van der Waals surface area (Å²) in [5.41, 5.74) is -0.177. The van der Waals surface area contributed by atoms with Crippen LogP contribution in [-0.4, -0.2) is 39.0 Å². The minimum Gasteiger partial charge on any atom is -0.477 e. The van der Waals surface area contributed by atoms with Crippen LogP contribution in [0.2, 0.25) is 0 Å². The van der Waals surface area contributed by atoms with Crippen LogP contribution in [0.15, 0.2) is 23.5 Å². The first-order chi connectivity index (χ1) is 8.16. The number of nitrogens with one attached hydrogen (secondary N) is 1. The third-order valence-electron chi connectivity index (χ3n) is 2.03. The van der Waals surface area contributed by atoms with Gasteiger partial charge in [-0.2, -0.15) is 5.10 Å². The van der Waals surface area contributed by atoms with Gasteiger partial charge < -0.3 is 15.3 Å². The highest BCUT2D eigenvalue weighted by Gasteiger charge is 2.31. The first-order valence-electron chi connectivity index (χ1n) is 4.71. The lowest BCUT2D eigenvalue weighted by molar-refractivity contribution is -0.129. The van der Waals surface area contributed by atoms with Crippen LogP contribution in [0.25, 0.3) is 0 Å². The fourth-order valence-electron chi connectivity index (χ4n) is 1.22. The number of anilines is 1. The summed E-state index contributed by atoms with van der Waals surface area (Å²) >= 11 is 0. The molecule has 0 fully saturated rings. The van der Waals surface area contributed by atoms with Crippen LogP contribution in [0, 0.1) is 0 Å². The van der Waals surface area contributed by atoms with Crippen LogP contribution in [0.5, 0.6) is 0 Å². The molecule has 0 radical (unpaired) electrons. The van der Waals surface area contributed by atoms with Gasteiger partial charge in [-0.3, -0.25) is 4.79 Å². The Morgan fingerprint density at radius 3 is 2.94 bits per heavy atom. The molecular weight excluding hydrogens is 228 g/mol. The highest BCUT2D eigenvalue weighted by Crippen LogP contribution is 2.12. The topological polar surface area (TPSA) is 114 Å². The van der Waals surface area contributed by atoms with Crippen molar-refractivity contribution in [1.29, 1.82) is 0 Å². The van der Waals surface area contributed by atoms with Crippen LogP contribution in [0.4, 0.5) is 5.82 Å². The summed E-state index contributed by atoms with van der Waals surface area (Å²) < 4.78 is 0. The van der Waals surface area contributed by atoms with Crippen molar-refractivity contribution in [3.8, 4) is 0 Å². The number of carboxylic acids is 1. The Labute approximate surface area is 95.3 Å². The normalized spacial score (nSPS) is 18.1. The number of amides is 1. The Morgan fingerprint density at radius 2 is 2.35 bits per heavy atom.